The topological polar surface area (TPSA) is 115 Å². The van der Waals surface area contributed by atoms with E-state index in [4.69, 9.17) is 0 Å². The van der Waals surface area contributed by atoms with Crippen LogP contribution in [-0.4, -0.2) is 48.5 Å². The Bertz CT molecular complexity index is 1310. The van der Waals surface area contributed by atoms with Crippen LogP contribution in [0.2, 0.25) is 0 Å². The van der Waals surface area contributed by atoms with Gasteiger partial charge in [0.15, 0.2) is 0 Å². The highest BCUT2D eigenvalue weighted by Gasteiger charge is 2.42. The van der Waals surface area contributed by atoms with Crippen LogP contribution in [0.3, 0.4) is 0 Å². The van der Waals surface area contributed by atoms with Crippen LogP contribution >= 0.6 is 0 Å². The van der Waals surface area contributed by atoms with Crippen molar-refractivity contribution in [3.8, 4) is 0 Å². The first-order chi connectivity index (χ1) is 15.0. The summed E-state index contributed by atoms with van der Waals surface area (Å²) in [5.74, 6) is -2.08. The molecule has 3 N–H and O–H groups in total. The highest BCUT2D eigenvalue weighted by atomic mass is 32.2. The molecule has 0 unspecified atom stereocenters. The second kappa shape index (κ2) is 8.01. The van der Waals surface area contributed by atoms with Crippen LogP contribution in [0.5, 0.6) is 0 Å². The zero-order chi connectivity index (χ0) is 23.1. The van der Waals surface area contributed by atoms with E-state index in [2.05, 4.69) is 14.7 Å². The van der Waals surface area contributed by atoms with Crippen LogP contribution in [0, 0.1) is 5.92 Å². The third-order valence-corrected chi connectivity index (χ3v) is 6.73. The molecular formula is C20H19F3N4O4S. The van der Waals surface area contributed by atoms with Gasteiger partial charge in [-0.05, 0) is 55.3 Å². The van der Waals surface area contributed by atoms with Crippen molar-refractivity contribution in [2.75, 3.05) is 17.8 Å². The van der Waals surface area contributed by atoms with E-state index in [-0.39, 0.29) is 42.1 Å². The van der Waals surface area contributed by atoms with Crippen molar-refractivity contribution in [3.63, 3.8) is 0 Å². The fraction of sp³-hybridized carbons (Fsp3) is 0.300. The number of rotatable bonds is 4. The molecule has 2 aromatic carbocycles. The number of carbonyl (C=O) groups excluding carboxylic acids is 1. The zero-order valence-corrected chi connectivity index (χ0v) is 17.4. The lowest BCUT2D eigenvalue weighted by Gasteiger charge is -2.33. The molecule has 4 rings (SSSR count). The molecule has 1 aliphatic rings. The number of alkyl halides is 3. The van der Waals surface area contributed by atoms with Gasteiger partial charge < -0.3 is 14.9 Å². The van der Waals surface area contributed by atoms with E-state index in [1.807, 2.05) is 0 Å². The fourth-order valence-electron chi connectivity index (χ4n) is 3.69. The first kappa shape index (κ1) is 21.9. The Morgan fingerprint density at radius 3 is 2.44 bits per heavy atom. The Morgan fingerprint density at radius 1 is 1.06 bits per heavy atom. The van der Waals surface area contributed by atoms with E-state index in [9.17, 15) is 31.2 Å². The Labute approximate surface area is 180 Å². The fourth-order valence-corrected chi connectivity index (χ4v) is 4.77. The molecule has 3 aromatic rings. The van der Waals surface area contributed by atoms with Crippen LogP contribution in [0.15, 0.2) is 52.2 Å². The standard InChI is InChI=1S/C20H19F3N4O4S/c21-20(22,23)13-2-1-9-27(11-13)18(28)12-3-5-14(6-4-12)26-32(30,31)15-7-8-16-17(10-15)25-19(29)24-16/h3-8,10,13,26H,1-2,9,11H2,(H2,24,25,29)/t13-/m0/s1. The van der Waals surface area contributed by atoms with Gasteiger partial charge in [-0.25, -0.2) is 13.2 Å². The number of aromatic nitrogens is 2. The van der Waals surface area contributed by atoms with Crippen molar-refractivity contribution in [2.45, 2.75) is 23.9 Å². The number of fused-ring (bicyclic) bond motifs is 1. The molecule has 1 amide bonds. The van der Waals surface area contributed by atoms with Gasteiger partial charge in [0.05, 0.1) is 21.8 Å². The van der Waals surface area contributed by atoms with Crippen LogP contribution in [0.25, 0.3) is 11.0 Å². The third kappa shape index (κ3) is 4.49. The van der Waals surface area contributed by atoms with E-state index in [1.165, 1.54) is 47.4 Å². The van der Waals surface area contributed by atoms with E-state index in [1.54, 1.807) is 0 Å². The van der Waals surface area contributed by atoms with Crippen molar-refractivity contribution in [2.24, 2.45) is 5.92 Å². The Hall–Kier alpha value is -3.28. The van der Waals surface area contributed by atoms with Gasteiger partial charge in [0.2, 0.25) is 0 Å². The zero-order valence-electron chi connectivity index (χ0n) is 16.6. The third-order valence-electron chi connectivity index (χ3n) is 5.35. The Balaban J connectivity index is 1.48. The summed E-state index contributed by atoms with van der Waals surface area (Å²) < 4.78 is 66.7. The maximum absolute atomic E-state index is 13.0. The number of hydrogen-bond donors (Lipinski definition) is 3. The van der Waals surface area contributed by atoms with E-state index in [0.29, 0.717) is 11.0 Å². The number of likely N-dealkylation sites (tertiary alicyclic amines) is 1. The summed E-state index contributed by atoms with van der Waals surface area (Å²) in [5, 5.41) is 0. The molecule has 8 nitrogen and oxygen atoms in total. The predicted molar refractivity (Wildman–Crippen MR) is 111 cm³/mol. The molecule has 2 heterocycles. The highest BCUT2D eigenvalue weighted by molar-refractivity contribution is 7.92. The molecule has 1 aromatic heterocycles. The van der Waals surface area contributed by atoms with Crippen molar-refractivity contribution in [1.82, 2.24) is 14.9 Å². The first-order valence-electron chi connectivity index (χ1n) is 9.74. The van der Waals surface area contributed by atoms with E-state index in [0.717, 1.165) is 0 Å². The van der Waals surface area contributed by atoms with Gasteiger partial charge in [-0.3, -0.25) is 9.52 Å². The summed E-state index contributed by atoms with van der Waals surface area (Å²) in [4.78, 5) is 30.0. The molecule has 12 heteroatoms. The summed E-state index contributed by atoms with van der Waals surface area (Å²) in [6.07, 6.45) is -4.08. The van der Waals surface area contributed by atoms with Crippen LogP contribution < -0.4 is 10.4 Å². The number of carbonyl (C=O) groups is 1. The maximum Gasteiger partial charge on any atom is 0.393 e. The number of halogens is 3. The number of sulfonamides is 1. The molecule has 0 saturated carbocycles. The molecule has 0 bridgehead atoms. The minimum Gasteiger partial charge on any atom is -0.338 e. The molecule has 0 aliphatic carbocycles. The molecule has 0 spiro atoms. The van der Waals surface area contributed by atoms with Crippen LogP contribution in [0.4, 0.5) is 18.9 Å². The van der Waals surface area contributed by atoms with Crippen LogP contribution in [0.1, 0.15) is 23.2 Å². The summed E-state index contributed by atoms with van der Waals surface area (Å²) in [6.45, 7) is -0.149. The second-order valence-electron chi connectivity index (χ2n) is 7.60. The van der Waals surface area contributed by atoms with Crippen molar-refractivity contribution in [1.29, 1.82) is 0 Å². The lowest BCUT2D eigenvalue weighted by molar-refractivity contribution is -0.184. The number of nitrogens with one attached hydrogen (secondary N) is 3. The quantitative estimate of drug-likeness (QED) is 0.546. The second-order valence-corrected chi connectivity index (χ2v) is 9.28. The molecule has 1 aliphatic heterocycles. The Kier molecular flexibility index (Phi) is 5.49. The summed E-state index contributed by atoms with van der Waals surface area (Å²) in [7, 11) is -3.98. The number of hydrogen-bond acceptors (Lipinski definition) is 4. The number of nitrogens with zero attached hydrogens (tertiary/aromatic N) is 1. The van der Waals surface area contributed by atoms with Crippen LogP contribution in [-0.2, 0) is 10.0 Å². The van der Waals surface area contributed by atoms with Gasteiger partial charge in [0, 0.05) is 24.3 Å². The van der Waals surface area contributed by atoms with Crippen molar-refractivity contribution < 1.29 is 26.4 Å². The average molecular weight is 468 g/mol. The van der Waals surface area contributed by atoms with Crippen molar-refractivity contribution in [3.05, 3.63) is 58.5 Å². The number of amides is 1. The molecule has 1 fully saturated rings. The number of anilines is 1. The molecule has 1 saturated heterocycles. The SMILES string of the molecule is O=C(c1ccc(NS(=O)(=O)c2ccc3[nH]c(=O)[nH]c3c2)cc1)N1CCC[C@H](C(F)(F)F)C1. The largest absolute Gasteiger partial charge is 0.393 e. The number of imidazole rings is 1. The predicted octanol–water partition coefficient (Wildman–Crippen LogP) is 3.07. The summed E-state index contributed by atoms with van der Waals surface area (Å²) >= 11 is 0. The summed E-state index contributed by atoms with van der Waals surface area (Å²) in [5.41, 5.74) is 0.677. The number of aromatic amines is 2. The van der Waals surface area contributed by atoms with Gasteiger partial charge in [0.25, 0.3) is 15.9 Å². The molecule has 170 valence electrons. The number of piperidine rings is 1. The maximum atomic E-state index is 13.0. The van der Waals surface area contributed by atoms with Gasteiger partial charge in [-0.1, -0.05) is 0 Å². The Morgan fingerprint density at radius 2 is 1.75 bits per heavy atom. The molecular weight excluding hydrogens is 449 g/mol. The average Bonchev–Trinajstić information content (AvgIpc) is 3.12. The van der Waals surface area contributed by atoms with Gasteiger partial charge >= 0.3 is 11.9 Å². The minimum absolute atomic E-state index is 0.00354. The van der Waals surface area contributed by atoms with Gasteiger partial charge in [-0.15, -0.1) is 0 Å². The number of benzene rings is 2. The smallest absolute Gasteiger partial charge is 0.338 e. The minimum atomic E-state index is -4.35. The lowest BCUT2D eigenvalue weighted by Crippen LogP contribution is -2.44. The molecule has 0 radical (unpaired) electrons. The van der Waals surface area contributed by atoms with Gasteiger partial charge in [-0.2, -0.15) is 13.2 Å². The normalized spacial score (nSPS) is 17.5. The molecule has 1 atom stereocenters. The van der Waals surface area contributed by atoms with E-state index >= 15 is 0 Å². The van der Waals surface area contributed by atoms with Crippen molar-refractivity contribution >= 4 is 32.7 Å². The summed E-state index contributed by atoms with van der Waals surface area (Å²) in [6, 6.07) is 9.56. The highest BCUT2D eigenvalue weighted by Crippen LogP contribution is 2.33. The van der Waals surface area contributed by atoms with E-state index < -0.39 is 33.7 Å². The monoisotopic (exact) mass is 468 g/mol. The van der Waals surface area contributed by atoms with Gasteiger partial charge in [0.1, 0.15) is 0 Å². The first-order valence-corrected chi connectivity index (χ1v) is 11.2. The lowest BCUT2D eigenvalue weighted by atomic mass is 9.97. The number of H-pyrrole nitrogens is 2. The molecule has 32 heavy (non-hydrogen) atoms.